The average Bonchev–Trinajstić information content (AvgIpc) is 3.41. The van der Waals surface area contributed by atoms with Crippen LogP contribution in [0.1, 0.15) is 21.6 Å². The Morgan fingerprint density at radius 1 is 1.10 bits per heavy atom. The molecule has 7 nitrogen and oxygen atoms in total. The number of anilines is 1. The minimum absolute atomic E-state index is 0.149. The molecular weight excluding hydrogens is 402 g/mol. The molecule has 0 radical (unpaired) electrons. The second-order valence-corrected chi connectivity index (χ2v) is 7.21. The van der Waals surface area contributed by atoms with E-state index in [0.717, 1.165) is 11.1 Å². The van der Waals surface area contributed by atoms with Gasteiger partial charge < -0.3 is 10.1 Å². The predicted octanol–water partition coefficient (Wildman–Crippen LogP) is 4.38. The van der Waals surface area contributed by atoms with Crippen molar-refractivity contribution in [3.8, 4) is 5.75 Å². The third kappa shape index (κ3) is 4.87. The first kappa shape index (κ1) is 19.7. The Morgan fingerprint density at radius 2 is 2.00 bits per heavy atom. The summed E-state index contributed by atoms with van der Waals surface area (Å²) in [7, 11) is 0. The zero-order chi connectivity index (χ0) is 20.9. The molecule has 0 bridgehead atoms. The number of aryl methyl sites for hydroxylation is 1. The summed E-state index contributed by atoms with van der Waals surface area (Å²) in [6, 6.07) is 16.7. The molecule has 0 spiro atoms. The summed E-state index contributed by atoms with van der Waals surface area (Å²) in [5.74, 6) is 0.283. The van der Waals surface area contributed by atoms with Crippen molar-refractivity contribution in [3.63, 3.8) is 0 Å². The van der Waals surface area contributed by atoms with Crippen LogP contribution in [0.25, 0.3) is 0 Å². The molecule has 0 aliphatic heterocycles. The molecule has 0 aliphatic rings. The normalized spacial score (nSPS) is 10.7. The van der Waals surface area contributed by atoms with Crippen molar-refractivity contribution in [1.82, 2.24) is 19.6 Å². The molecule has 2 heterocycles. The van der Waals surface area contributed by atoms with Crippen LogP contribution in [0, 0.1) is 6.92 Å². The third-order valence-electron chi connectivity index (χ3n) is 4.40. The number of halogens is 1. The van der Waals surface area contributed by atoms with Gasteiger partial charge in [0.25, 0.3) is 5.91 Å². The van der Waals surface area contributed by atoms with Crippen LogP contribution in [-0.4, -0.2) is 25.5 Å². The maximum Gasteiger partial charge on any atom is 0.276 e. The molecule has 8 heteroatoms. The third-order valence-corrected chi connectivity index (χ3v) is 4.71. The zero-order valence-corrected chi connectivity index (χ0v) is 17.1. The average molecular weight is 422 g/mol. The Hall–Kier alpha value is -3.58. The van der Waals surface area contributed by atoms with Crippen LogP contribution < -0.4 is 10.1 Å². The highest BCUT2D eigenvalue weighted by molar-refractivity contribution is 6.32. The van der Waals surface area contributed by atoms with Crippen molar-refractivity contribution >= 4 is 23.2 Å². The summed E-state index contributed by atoms with van der Waals surface area (Å²) < 4.78 is 9.08. The van der Waals surface area contributed by atoms with Crippen LogP contribution in [0.15, 0.2) is 73.2 Å². The number of hydrogen-bond donors (Lipinski definition) is 1. The Balaban J connectivity index is 1.38. The van der Waals surface area contributed by atoms with Gasteiger partial charge in [0.15, 0.2) is 12.4 Å². The smallest absolute Gasteiger partial charge is 0.276 e. The summed E-state index contributed by atoms with van der Waals surface area (Å²) >= 11 is 6.14. The number of amides is 1. The summed E-state index contributed by atoms with van der Waals surface area (Å²) in [5.41, 5.74) is 3.07. The van der Waals surface area contributed by atoms with Crippen molar-refractivity contribution in [2.45, 2.75) is 20.2 Å². The Kier molecular flexibility index (Phi) is 5.81. The lowest BCUT2D eigenvalue weighted by molar-refractivity contribution is 0.102. The molecule has 2 aromatic heterocycles. The van der Waals surface area contributed by atoms with Crippen LogP contribution in [0.4, 0.5) is 5.69 Å². The molecular formula is C22H20ClN5O2. The topological polar surface area (TPSA) is 74.0 Å². The van der Waals surface area contributed by atoms with E-state index in [1.165, 1.54) is 0 Å². The van der Waals surface area contributed by atoms with Gasteiger partial charge >= 0.3 is 0 Å². The maximum absolute atomic E-state index is 12.6. The van der Waals surface area contributed by atoms with Crippen molar-refractivity contribution in [2.24, 2.45) is 0 Å². The number of carbonyl (C=O) groups excluding carboxylic acids is 1. The lowest BCUT2D eigenvalue weighted by atomic mass is 10.2. The first-order valence-electron chi connectivity index (χ1n) is 9.37. The molecule has 0 aliphatic carbocycles. The molecule has 0 saturated carbocycles. The standard InChI is InChI=1S/C22H20ClN5O2/c1-16-6-7-19(23)21(12-16)30-15-28-11-8-20(26-28)22(29)25-18-5-2-4-17(13-18)14-27-10-3-9-24-27/h2-13H,14-15H2,1H3,(H,25,29). The van der Waals surface area contributed by atoms with Gasteiger partial charge in [-0.2, -0.15) is 10.2 Å². The van der Waals surface area contributed by atoms with E-state index in [2.05, 4.69) is 15.5 Å². The molecule has 0 saturated heterocycles. The number of hydrogen-bond acceptors (Lipinski definition) is 4. The minimum Gasteiger partial charge on any atom is -0.470 e. The van der Waals surface area contributed by atoms with Crippen LogP contribution in [-0.2, 0) is 13.3 Å². The lowest BCUT2D eigenvalue weighted by Crippen LogP contribution is -2.14. The molecule has 2 aromatic carbocycles. The molecule has 152 valence electrons. The number of ether oxygens (including phenoxy) is 1. The van der Waals surface area contributed by atoms with Crippen molar-refractivity contribution in [1.29, 1.82) is 0 Å². The zero-order valence-electron chi connectivity index (χ0n) is 16.3. The minimum atomic E-state index is -0.293. The van der Waals surface area contributed by atoms with E-state index >= 15 is 0 Å². The van der Waals surface area contributed by atoms with E-state index in [0.29, 0.717) is 28.7 Å². The Bertz CT molecular complexity index is 1150. The van der Waals surface area contributed by atoms with Gasteiger partial charge in [0.05, 0.1) is 11.6 Å². The van der Waals surface area contributed by atoms with Crippen LogP contribution in [0.5, 0.6) is 5.75 Å². The number of carbonyl (C=O) groups is 1. The largest absolute Gasteiger partial charge is 0.470 e. The summed E-state index contributed by atoms with van der Waals surface area (Å²) in [6.45, 7) is 2.74. The predicted molar refractivity (Wildman–Crippen MR) is 115 cm³/mol. The highest BCUT2D eigenvalue weighted by Gasteiger charge is 2.11. The summed E-state index contributed by atoms with van der Waals surface area (Å²) in [4.78, 5) is 12.6. The fourth-order valence-corrected chi connectivity index (χ4v) is 3.11. The summed E-state index contributed by atoms with van der Waals surface area (Å²) in [6.07, 6.45) is 5.31. The quantitative estimate of drug-likeness (QED) is 0.480. The second kappa shape index (κ2) is 8.84. The van der Waals surface area contributed by atoms with E-state index < -0.39 is 0 Å². The molecule has 0 unspecified atom stereocenters. The SMILES string of the molecule is Cc1ccc(Cl)c(OCn2ccc(C(=O)Nc3cccc(Cn4cccn4)c3)n2)c1. The highest BCUT2D eigenvalue weighted by Crippen LogP contribution is 2.25. The number of nitrogens with one attached hydrogen (secondary N) is 1. The van der Waals surface area contributed by atoms with E-state index in [1.807, 2.05) is 60.3 Å². The van der Waals surface area contributed by atoms with Gasteiger partial charge in [0.1, 0.15) is 5.75 Å². The molecule has 0 atom stereocenters. The molecule has 4 aromatic rings. The van der Waals surface area contributed by atoms with Gasteiger partial charge in [0.2, 0.25) is 0 Å². The molecule has 4 rings (SSSR count). The number of rotatable bonds is 7. The number of nitrogens with zero attached hydrogens (tertiary/aromatic N) is 4. The van der Waals surface area contributed by atoms with E-state index in [-0.39, 0.29) is 12.6 Å². The first-order chi connectivity index (χ1) is 14.6. The van der Waals surface area contributed by atoms with Gasteiger partial charge in [-0.1, -0.05) is 29.8 Å². The lowest BCUT2D eigenvalue weighted by Gasteiger charge is -2.09. The highest BCUT2D eigenvalue weighted by atomic mass is 35.5. The molecule has 1 amide bonds. The molecule has 30 heavy (non-hydrogen) atoms. The molecule has 1 N–H and O–H groups in total. The van der Waals surface area contributed by atoms with E-state index in [9.17, 15) is 4.79 Å². The van der Waals surface area contributed by atoms with Crippen molar-refractivity contribution in [2.75, 3.05) is 5.32 Å². The number of aromatic nitrogens is 4. The van der Waals surface area contributed by atoms with Crippen LogP contribution in [0.2, 0.25) is 5.02 Å². The molecule has 0 fully saturated rings. The van der Waals surface area contributed by atoms with Crippen molar-refractivity contribution in [3.05, 3.63) is 95.0 Å². The number of benzene rings is 2. The van der Waals surface area contributed by atoms with E-state index in [4.69, 9.17) is 16.3 Å². The van der Waals surface area contributed by atoms with Gasteiger partial charge in [0, 0.05) is 24.3 Å². The Labute approximate surface area is 178 Å². The maximum atomic E-state index is 12.6. The van der Waals surface area contributed by atoms with Crippen molar-refractivity contribution < 1.29 is 9.53 Å². The monoisotopic (exact) mass is 421 g/mol. The fraction of sp³-hybridized carbons (Fsp3) is 0.136. The van der Waals surface area contributed by atoms with Crippen LogP contribution >= 0.6 is 11.6 Å². The van der Waals surface area contributed by atoms with E-state index in [1.54, 1.807) is 29.2 Å². The first-order valence-corrected chi connectivity index (χ1v) is 9.75. The van der Waals surface area contributed by atoms with Gasteiger partial charge in [-0.05, 0) is 54.4 Å². The second-order valence-electron chi connectivity index (χ2n) is 6.81. The van der Waals surface area contributed by atoms with Crippen LogP contribution in [0.3, 0.4) is 0 Å². The summed E-state index contributed by atoms with van der Waals surface area (Å²) in [5, 5.41) is 11.9. The fourth-order valence-electron chi connectivity index (χ4n) is 2.94. The van der Waals surface area contributed by atoms with Gasteiger partial charge in [-0.25, -0.2) is 4.68 Å². The Morgan fingerprint density at radius 3 is 2.83 bits per heavy atom. The van der Waals surface area contributed by atoms with Gasteiger partial charge in [-0.15, -0.1) is 0 Å². The van der Waals surface area contributed by atoms with Gasteiger partial charge in [-0.3, -0.25) is 9.48 Å².